The zero-order valence-electron chi connectivity index (χ0n) is 18.0. The quantitative estimate of drug-likeness (QED) is 0.643. The molecule has 1 heterocycles. The molecule has 2 atom stereocenters. The van der Waals surface area contributed by atoms with E-state index in [0.29, 0.717) is 25.8 Å². The number of nitrogens with zero attached hydrogens (tertiary/aromatic N) is 1. The van der Waals surface area contributed by atoms with Crippen molar-refractivity contribution in [3.05, 3.63) is 35.9 Å². The first-order valence-electron chi connectivity index (χ1n) is 10.6. The van der Waals surface area contributed by atoms with Gasteiger partial charge in [0.2, 0.25) is 11.8 Å². The summed E-state index contributed by atoms with van der Waals surface area (Å²) in [7, 11) is 0. The van der Waals surface area contributed by atoms with E-state index >= 15 is 0 Å². The first-order chi connectivity index (χ1) is 13.8. The van der Waals surface area contributed by atoms with Crippen LogP contribution in [-0.2, 0) is 25.7 Å². The van der Waals surface area contributed by atoms with Crippen molar-refractivity contribution in [2.24, 2.45) is 11.8 Å². The van der Waals surface area contributed by atoms with Crippen LogP contribution in [0.3, 0.4) is 0 Å². The molecule has 0 spiro atoms. The van der Waals surface area contributed by atoms with Crippen molar-refractivity contribution in [2.75, 3.05) is 6.54 Å². The number of hydrogen-bond donors (Lipinski definition) is 1. The maximum absolute atomic E-state index is 13.2. The summed E-state index contributed by atoms with van der Waals surface area (Å²) in [6.45, 7) is 8.68. The molecule has 160 valence electrons. The van der Waals surface area contributed by atoms with Gasteiger partial charge in [0.1, 0.15) is 18.7 Å². The Hall–Kier alpha value is -2.37. The van der Waals surface area contributed by atoms with Gasteiger partial charge in [-0.3, -0.25) is 9.59 Å². The third kappa shape index (κ3) is 7.18. The lowest BCUT2D eigenvalue weighted by molar-refractivity contribution is -0.155. The highest BCUT2D eigenvalue weighted by Crippen LogP contribution is 2.22. The van der Waals surface area contributed by atoms with Gasteiger partial charge in [-0.25, -0.2) is 4.79 Å². The predicted octanol–water partition coefficient (Wildman–Crippen LogP) is 3.30. The van der Waals surface area contributed by atoms with Crippen molar-refractivity contribution in [1.82, 2.24) is 10.2 Å². The van der Waals surface area contributed by atoms with Crippen molar-refractivity contribution >= 4 is 17.8 Å². The first-order valence-corrected chi connectivity index (χ1v) is 10.6. The molecule has 2 rings (SSSR count). The van der Waals surface area contributed by atoms with Crippen LogP contribution in [0.4, 0.5) is 0 Å². The molecule has 1 unspecified atom stereocenters. The Morgan fingerprint density at radius 2 is 1.79 bits per heavy atom. The van der Waals surface area contributed by atoms with Gasteiger partial charge in [0.25, 0.3) is 0 Å². The van der Waals surface area contributed by atoms with Crippen LogP contribution < -0.4 is 5.32 Å². The molecule has 0 aliphatic carbocycles. The molecule has 0 saturated carbocycles. The summed E-state index contributed by atoms with van der Waals surface area (Å²) in [5.74, 6) is -0.223. The number of esters is 1. The minimum atomic E-state index is -0.608. The van der Waals surface area contributed by atoms with Crippen LogP contribution in [0, 0.1) is 11.8 Å². The highest BCUT2D eigenvalue weighted by molar-refractivity contribution is 5.91. The zero-order valence-corrected chi connectivity index (χ0v) is 18.0. The molecular weight excluding hydrogens is 368 g/mol. The van der Waals surface area contributed by atoms with Crippen molar-refractivity contribution in [2.45, 2.75) is 72.1 Å². The predicted molar refractivity (Wildman–Crippen MR) is 112 cm³/mol. The zero-order chi connectivity index (χ0) is 21.4. The average Bonchev–Trinajstić information content (AvgIpc) is 3.14. The van der Waals surface area contributed by atoms with Crippen LogP contribution in [0.15, 0.2) is 30.3 Å². The Labute approximate surface area is 174 Å². The number of benzene rings is 1. The summed E-state index contributed by atoms with van der Waals surface area (Å²) in [5.41, 5.74) is 0.912. The first kappa shape index (κ1) is 22.9. The molecule has 1 N–H and O–H groups in total. The summed E-state index contributed by atoms with van der Waals surface area (Å²) in [4.78, 5) is 39.7. The molecule has 2 amide bonds. The number of hydrogen-bond acceptors (Lipinski definition) is 4. The van der Waals surface area contributed by atoms with E-state index in [4.69, 9.17) is 4.74 Å². The number of amides is 2. The maximum Gasteiger partial charge on any atom is 0.329 e. The monoisotopic (exact) mass is 402 g/mol. The highest BCUT2D eigenvalue weighted by atomic mass is 16.5. The third-order valence-electron chi connectivity index (χ3n) is 4.97. The van der Waals surface area contributed by atoms with Gasteiger partial charge in [-0.15, -0.1) is 0 Å². The largest absolute Gasteiger partial charge is 0.459 e. The fourth-order valence-electron chi connectivity index (χ4n) is 3.62. The molecule has 0 aromatic heterocycles. The molecule has 29 heavy (non-hydrogen) atoms. The number of likely N-dealkylation sites (tertiary alicyclic amines) is 1. The van der Waals surface area contributed by atoms with Crippen LogP contribution in [0.2, 0.25) is 0 Å². The Kier molecular flexibility index (Phi) is 8.68. The molecule has 6 heteroatoms. The lowest BCUT2D eigenvalue weighted by Gasteiger charge is -2.29. The fourth-order valence-corrected chi connectivity index (χ4v) is 3.62. The number of nitrogens with one attached hydrogen (secondary N) is 1. The molecule has 1 aliphatic heterocycles. The summed E-state index contributed by atoms with van der Waals surface area (Å²) >= 11 is 0. The van der Waals surface area contributed by atoms with Gasteiger partial charge >= 0.3 is 5.97 Å². The van der Waals surface area contributed by atoms with Crippen LogP contribution in [0.1, 0.15) is 58.9 Å². The molecule has 0 radical (unpaired) electrons. The summed E-state index contributed by atoms with van der Waals surface area (Å²) in [6.07, 6.45) is 2.27. The van der Waals surface area contributed by atoms with Gasteiger partial charge in [-0.1, -0.05) is 58.0 Å². The van der Waals surface area contributed by atoms with Crippen molar-refractivity contribution < 1.29 is 19.1 Å². The number of ether oxygens (including phenoxy) is 1. The van der Waals surface area contributed by atoms with Crippen LogP contribution >= 0.6 is 0 Å². The van der Waals surface area contributed by atoms with E-state index in [1.807, 2.05) is 58.0 Å². The standard InChI is InChI=1S/C23H34N2O4/c1-16(2)13-19(24-21(26)14-17(3)4)22(27)25-12-8-11-20(25)23(28)29-15-18-9-6-5-7-10-18/h5-7,9-10,16-17,19-20H,8,11-15H2,1-4H3,(H,24,26)/t19?,20-/m0/s1. The Morgan fingerprint density at radius 3 is 2.41 bits per heavy atom. The Morgan fingerprint density at radius 1 is 1.10 bits per heavy atom. The molecule has 1 aliphatic rings. The minimum Gasteiger partial charge on any atom is -0.459 e. The van der Waals surface area contributed by atoms with Gasteiger partial charge in [0, 0.05) is 13.0 Å². The fraction of sp³-hybridized carbons (Fsp3) is 0.609. The topological polar surface area (TPSA) is 75.7 Å². The lowest BCUT2D eigenvalue weighted by atomic mass is 10.0. The van der Waals surface area contributed by atoms with Gasteiger partial charge in [-0.05, 0) is 36.7 Å². The molecule has 1 saturated heterocycles. The smallest absolute Gasteiger partial charge is 0.329 e. The molecule has 6 nitrogen and oxygen atoms in total. The SMILES string of the molecule is CC(C)CC(=O)NC(CC(C)C)C(=O)N1CCC[C@H]1C(=O)OCc1ccccc1. The van der Waals surface area contributed by atoms with Gasteiger partial charge in [0.05, 0.1) is 0 Å². The third-order valence-corrected chi connectivity index (χ3v) is 4.97. The second-order valence-electron chi connectivity index (χ2n) is 8.63. The summed E-state index contributed by atoms with van der Waals surface area (Å²) in [6, 6.07) is 8.30. The van der Waals surface area contributed by atoms with Crippen molar-refractivity contribution in [1.29, 1.82) is 0 Å². The molecular formula is C23H34N2O4. The van der Waals surface area contributed by atoms with Gasteiger partial charge < -0.3 is 15.0 Å². The molecule has 0 bridgehead atoms. The van der Waals surface area contributed by atoms with E-state index in [-0.39, 0.29) is 36.2 Å². The van der Waals surface area contributed by atoms with Gasteiger partial charge in [0.15, 0.2) is 0 Å². The van der Waals surface area contributed by atoms with Crippen molar-refractivity contribution in [3.63, 3.8) is 0 Å². The summed E-state index contributed by atoms with van der Waals surface area (Å²) in [5, 5.41) is 2.89. The molecule has 1 fully saturated rings. The van der Waals surface area contributed by atoms with Gasteiger partial charge in [-0.2, -0.15) is 0 Å². The van der Waals surface area contributed by atoms with Crippen LogP contribution in [0.5, 0.6) is 0 Å². The molecule has 1 aromatic carbocycles. The van der Waals surface area contributed by atoms with Crippen LogP contribution in [0.25, 0.3) is 0 Å². The van der Waals surface area contributed by atoms with E-state index in [9.17, 15) is 14.4 Å². The van der Waals surface area contributed by atoms with E-state index in [2.05, 4.69) is 5.32 Å². The second kappa shape index (κ2) is 11.0. The lowest BCUT2D eigenvalue weighted by Crippen LogP contribution is -2.52. The van der Waals surface area contributed by atoms with E-state index in [1.54, 1.807) is 4.90 Å². The minimum absolute atomic E-state index is 0.124. The number of carbonyl (C=O) groups is 3. The van der Waals surface area contributed by atoms with Crippen molar-refractivity contribution in [3.8, 4) is 0 Å². The number of rotatable bonds is 9. The highest BCUT2D eigenvalue weighted by Gasteiger charge is 2.38. The van der Waals surface area contributed by atoms with E-state index in [1.165, 1.54) is 0 Å². The molecule has 1 aromatic rings. The Bertz CT molecular complexity index is 687. The summed E-state index contributed by atoms with van der Waals surface area (Å²) < 4.78 is 5.47. The van der Waals surface area contributed by atoms with E-state index < -0.39 is 12.1 Å². The second-order valence-corrected chi connectivity index (χ2v) is 8.63. The van der Waals surface area contributed by atoms with E-state index in [0.717, 1.165) is 12.0 Å². The maximum atomic E-state index is 13.2. The normalized spacial score (nSPS) is 17.4. The van der Waals surface area contributed by atoms with Crippen LogP contribution in [-0.4, -0.2) is 41.3 Å². The Balaban J connectivity index is 2.02. The average molecular weight is 403 g/mol. The number of carbonyl (C=O) groups excluding carboxylic acids is 3.